The number of fused-ring (bicyclic) bond motifs is 1. The summed E-state index contributed by atoms with van der Waals surface area (Å²) in [7, 11) is 0. The summed E-state index contributed by atoms with van der Waals surface area (Å²) in [5.74, 6) is -0.961. The van der Waals surface area contributed by atoms with Gasteiger partial charge in [0, 0.05) is 17.3 Å². The fourth-order valence-electron chi connectivity index (χ4n) is 2.00. The van der Waals surface area contributed by atoms with Crippen molar-refractivity contribution < 1.29 is 17.6 Å². The lowest BCUT2D eigenvalue weighted by Gasteiger charge is -2.09. The lowest BCUT2D eigenvalue weighted by Crippen LogP contribution is -2.05. The predicted molar refractivity (Wildman–Crippen MR) is 71.1 cm³/mol. The Hall–Kier alpha value is -1.96. The number of pyridine rings is 1. The van der Waals surface area contributed by atoms with Crippen molar-refractivity contribution in [1.29, 1.82) is 0 Å². The van der Waals surface area contributed by atoms with Crippen molar-refractivity contribution in [3.05, 3.63) is 52.6 Å². The first-order valence-electron chi connectivity index (χ1n) is 5.74. The third kappa shape index (κ3) is 2.51. The van der Waals surface area contributed by atoms with Crippen molar-refractivity contribution in [1.82, 2.24) is 14.6 Å². The molecule has 2 aromatic heterocycles. The Bertz CT molecular complexity index is 826. The van der Waals surface area contributed by atoms with Crippen LogP contribution >= 0.6 is 15.9 Å². The molecule has 0 amide bonds. The highest BCUT2D eigenvalue weighted by molar-refractivity contribution is 9.10. The summed E-state index contributed by atoms with van der Waals surface area (Å²) in [6.45, 7) is 0. The average Bonchev–Trinajstić information content (AvgIpc) is 2.77. The van der Waals surface area contributed by atoms with Crippen LogP contribution in [-0.4, -0.2) is 14.6 Å². The molecule has 0 bridgehead atoms. The first-order chi connectivity index (χ1) is 9.86. The van der Waals surface area contributed by atoms with Crippen LogP contribution in [0.2, 0.25) is 0 Å². The summed E-state index contributed by atoms with van der Waals surface area (Å²) in [6, 6.07) is 5.59. The Morgan fingerprint density at radius 2 is 1.86 bits per heavy atom. The lowest BCUT2D eigenvalue weighted by molar-refractivity contribution is -0.137. The van der Waals surface area contributed by atoms with Gasteiger partial charge in [0.2, 0.25) is 4.73 Å². The Kier molecular flexibility index (Phi) is 3.20. The van der Waals surface area contributed by atoms with Crippen LogP contribution in [0, 0.1) is 5.82 Å². The number of hydrogen-bond donors (Lipinski definition) is 0. The average molecular weight is 360 g/mol. The zero-order chi connectivity index (χ0) is 15.2. The molecule has 108 valence electrons. The molecule has 0 saturated carbocycles. The van der Waals surface area contributed by atoms with E-state index in [2.05, 4.69) is 26.0 Å². The van der Waals surface area contributed by atoms with Gasteiger partial charge >= 0.3 is 6.18 Å². The van der Waals surface area contributed by atoms with Gasteiger partial charge < -0.3 is 0 Å². The molecule has 1 aromatic carbocycles. The second-order valence-corrected chi connectivity index (χ2v) is 4.97. The van der Waals surface area contributed by atoms with E-state index >= 15 is 0 Å². The summed E-state index contributed by atoms with van der Waals surface area (Å²) >= 11 is 3.10. The minimum absolute atomic E-state index is 0.0356. The molecule has 3 rings (SSSR count). The molecule has 3 nitrogen and oxygen atoms in total. The van der Waals surface area contributed by atoms with Crippen LogP contribution in [0.5, 0.6) is 0 Å². The monoisotopic (exact) mass is 359 g/mol. The molecule has 21 heavy (non-hydrogen) atoms. The second-order valence-electron chi connectivity index (χ2n) is 4.26. The maximum absolute atomic E-state index is 14.0. The molecular weight excluding hydrogens is 354 g/mol. The van der Waals surface area contributed by atoms with Crippen LogP contribution in [0.4, 0.5) is 17.6 Å². The lowest BCUT2D eigenvalue weighted by atomic mass is 10.0. The highest BCUT2D eigenvalue weighted by Gasteiger charge is 2.31. The van der Waals surface area contributed by atoms with E-state index in [0.717, 1.165) is 12.1 Å². The fraction of sp³-hybridized carbons (Fsp3) is 0.0769. The SMILES string of the molecule is Fc1cc(C(F)(F)F)ccc1-c1cccn2nc(Br)nc12. The number of hydrogen-bond acceptors (Lipinski definition) is 2. The summed E-state index contributed by atoms with van der Waals surface area (Å²) < 4.78 is 53.4. The van der Waals surface area contributed by atoms with Gasteiger partial charge in [-0.15, -0.1) is 5.10 Å². The molecule has 0 unspecified atom stereocenters. The normalized spacial score (nSPS) is 12.0. The topological polar surface area (TPSA) is 30.2 Å². The number of aromatic nitrogens is 3. The zero-order valence-corrected chi connectivity index (χ0v) is 11.8. The van der Waals surface area contributed by atoms with E-state index in [0.29, 0.717) is 22.0 Å². The molecule has 8 heteroatoms. The van der Waals surface area contributed by atoms with Gasteiger partial charge in [-0.3, -0.25) is 0 Å². The maximum Gasteiger partial charge on any atom is 0.416 e. The van der Waals surface area contributed by atoms with Crippen LogP contribution < -0.4 is 0 Å². The van der Waals surface area contributed by atoms with Gasteiger partial charge in [-0.25, -0.2) is 13.9 Å². The first kappa shape index (κ1) is 14.0. The van der Waals surface area contributed by atoms with E-state index in [-0.39, 0.29) is 5.56 Å². The second kappa shape index (κ2) is 4.80. The first-order valence-corrected chi connectivity index (χ1v) is 6.53. The van der Waals surface area contributed by atoms with E-state index in [1.165, 1.54) is 4.52 Å². The van der Waals surface area contributed by atoms with E-state index < -0.39 is 17.6 Å². The predicted octanol–water partition coefficient (Wildman–Crippen LogP) is 4.32. The van der Waals surface area contributed by atoms with Crippen molar-refractivity contribution in [2.45, 2.75) is 6.18 Å². The Balaban J connectivity index is 2.19. The molecule has 0 aliphatic rings. The van der Waals surface area contributed by atoms with Gasteiger partial charge in [-0.2, -0.15) is 13.2 Å². The van der Waals surface area contributed by atoms with Crippen molar-refractivity contribution in [3.8, 4) is 11.1 Å². The molecule has 3 aromatic rings. The fourth-order valence-corrected chi connectivity index (χ4v) is 2.34. The molecule has 0 spiro atoms. The largest absolute Gasteiger partial charge is 0.416 e. The van der Waals surface area contributed by atoms with Gasteiger partial charge in [0.1, 0.15) is 5.82 Å². The standard InChI is InChI=1S/C13H6BrF4N3/c14-12-19-11-9(2-1-5-21(11)20-12)8-4-3-7(6-10(8)15)13(16,17)18/h1-6H. The van der Waals surface area contributed by atoms with Crippen LogP contribution in [0.25, 0.3) is 16.8 Å². The molecule has 0 radical (unpaired) electrons. The minimum atomic E-state index is -4.58. The molecular formula is C13H6BrF4N3. The third-order valence-corrected chi connectivity index (χ3v) is 3.26. The van der Waals surface area contributed by atoms with Crippen molar-refractivity contribution in [3.63, 3.8) is 0 Å². The maximum atomic E-state index is 14.0. The summed E-state index contributed by atoms with van der Waals surface area (Å²) in [5.41, 5.74) is -0.281. The number of halogens is 5. The quantitative estimate of drug-likeness (QED) is 0.606. The van der Waals surface area contributed by atoms with Crippen LogP contribution in [0.3, 0.4) is 0 Å². The zero-order valence-electron chi connectivity index (χ0n) is 10.2. The molecule has 0 fully saturated rings. The Morgan fingerprint density at radius 3 is 2.52 bits per heavy atom. The highest BCUT2D eigenvalue weighted by Crippen LogP contribution is 2.33. The van der Waals surface area contributed by atoms with Crippen molar-refractivity contribution >= 4 is 21.6 Å². The minimum Gasteiger partial charge on any atom is -0.219 e. The number of alkyl halides is 3. The third-order valence-electron chi connectivity index (χ3n) is 2.92. The highest BCUT2D eigenvalue weighted by atomic mass is 79.9. The molecule has 2 heterocycles. The smallest absolute Gasteiger partial charge is 0.219 e. The number of benzene rings is 1. The van der Waals surface area contributed by atoms with Gasteiger partial charge in [-0.1, -0.05) is 6.07 Å². The van der Waals surface area contributed by atoms with E-state index in [1.807, 2.05) is 0 Å². The number of rotatable bonds is 1. The number of nitrogens with zero attached hydrogens (tertiary/aromatic N) is 3. The van der Waals surface area contributed by atoms with Gasteiger partial charge in [0.15, 0.2) is 5.65 Å². The summed E-state index contributed by atoms with van der Waals surface area (Å²) in [4.78, 5) is 4.08. The van der Waals surface area contributed by atoms with Gasteiger partial charge in [0.25, 0.3) is 0 Å². The molecule has 0 atom stereocenters. The van der Waals surface area contributed by atoms with E-state index in [1.54, 1.807) is 18.3 Å². The van der Waals surface area contributed by atoms with Gasteiger partial charge in [-0.05, 0) is 40.2 Å². The van der Waals surface area contributed by atoms with E-state index in [4.69, 9.17) is 0 Å². The molecule has 0 saturated heterocycles. The van der Waals surface area contributed by atoms with E-state index in [9.17, 15) is 17.6 Å². The van der Waals surface area contributed by atoms with Crippen LogP contribution in [0.1, 0.15) is 5.56 Å². The van der Waals surface area contributed by atoms with Crippen molar-refractivity contribution in [2.24, 2.45) is 0 Å². The Morgan fingerprint density at radius 1 is 1.10 bits per heavy atom. The van der Waals surface area contributed by atoms with Crippen LogP contribution in [0.15, 0.2) is 41.3 Å². The molecule has 0 aliphatic heterocycles. The summed E-state index contributed by atoms with van der Waals surface area (Å²) in [5, 5.41) is 4.01. The Labute approximate surface area is 124 Å². The van der Waals surface area contributed by atoms with Gasteiger partial charge in [0.05, 0.1) is 5.56 Å². The molecule has 0 N–H and O–H groups in total. The van der Waals surface area contributed by atoms with Crippen LogP contribution in [-0.2, 0) is 6.18 Å². The summed E-state index contributed by atoms with van der Waals surface area (Å²) in [6.07, 6.45) is -2.97. The molecule has 0 aliphatic carbocycles. The van der Waals surface area contributed by atoms with Crippen molar-refractivity contribution in [2.75, 3.05) is 0 Å².